The molecule has 0 saturated heterocycles. The van der Waals surface area contributed by atoms with Crippen molar-refractivity contribution in [1.82, 2.24) is 23.9 Å². The van der Waals surface area contributed by atoms with E-state index in [2.05, 4.69) is 10.1 Å². The highest BCUT2D eigenvalue weighted by atomic mass is 35.5. The number of aryl methyl sites for hydroxylation is 2. The van der Waals surface area contributed by atoms with Gasteiger partial charge in [0, 0.05) is 36.8 Å². The molecule has 0 N–H and O–H groups in total. The fourth-order valence-corrected chi connectivity index (χ4v) is 4.04. The second-order valence-electron chi connectivity index (χ2n) is 7.15. The molecule has 0 atom stereocenters. The van der Waals surface area contributed by atoms with Crippen molar-refractivity contribution >= 4 is 33.6 Å². The molecule has 4 aromatic heterocycles. The fraction of sp³-hybridized carbons (Fsp3) is 0.136. The lowest BCUT2D eigenvalue weighted by Crippen LogP contribution is -2.39. The van der Waals surface area contributed by atoms with Gasteiger partial charge in [-0.05, 0) is 12.1 Å². The van der Waals surface area contributed by atoms with Crippen LogP contribution in [0.4, 0.5) is 0 Å². The zero-order valence-corrected chi connectivity index (χ0v) is 17.6. The summed E-state index contributed by atoms with van der Waals surface area (Å²) < 4.78 is 9.86. The van der Waals surface area contributed by atoms with Crippen LogP contribution in [0.3, 0.4) is 0 Å². The van der Waals surface area contributed by atoms with Gasteiger partial charge in [-0.25, -0.2) is 9.36 Å². The van der Waals surface area contributed by atoms with Crippen LogP contribution in [-0.2, 0) is 13.6 Å². The SMILES string of the molecule is Cn1ncc2cncc(-n3c(=O)c4oc(-c5ccccc5Cl)cc4n(CCC#N)c3=O)c21. The van der Waals surface area contributed by atoms with Gasteiger partial charge in [-0.3, -0.25) is 19.0 Å². The Morgan fingerprint density at radius 2 is 2.00 bits per heavy atom. The number of furan rings is 1. The number of halogens is 1. The van der Waals surface area contributed by atoms with Gasteiger partial charge < -0.3 is 4.42 Å². The van der Waals surface area contributed by atoms with E-state index in [4.69, 9.17) is 21.3 Å². The van der Waals surface area contributed by atoms with Gasteiger partial charge in [-0.15, -0.1) is 0 Å². The molecule has 0 unspecified atom stereocenters. The lowest BCUT2D eigenvalue weighted by molar-refractivity contribution is 0.604. The van der Waals surface area contributed by atoms with E-state index in [0.29, 0.717) is 32.8 Å². The molecular formula is C22H15ClN6O3. The molecule has 9 nitrogen and oxygen atoms in total. The number of fused-ring (bicyclic) bond motifs is 2. The Morgan fingerprint density at radius 3 is 2.78 bits per heavy atom. The summed E-state index contributed by atoms with van der Waals surface area (Å²) >= 11 is 6.31. The van der Waals surface area contributed by atoms with Crippen LogP contribution in [0, 0.1) is 11.3 Å². The molecule has 0 fully saturated rings. The highest BCUT2D eigenvalue weighted by Gasteiger charge is 2.22. The van der Waals surface area contributed by atoms with Gasteiger partial charge in [0.15, 0.2) is 0 Å². The van der Waals surface area contributed by atoms with Crippen LogP contribution in [0.15, 0.2) is 62.9 Å². The van der Waals surface area contributed by atoms with Gasteiger partial charge in [-0.2, -0.15) is 10.4 Å². The normalized spacial score (nSPS) is 11.3. The number of benzene rings is 1. The Bertz CT molecular complexity index is 1670. The van der Waals surface area contributed by atoms with Crippen molar-refractivity contribution in [2.75, 3.05) is 0 Å². The molecule has 0 aliphatic carbocycles. The van der Waals surface area contributed by atoms with Gasteiger partial charge in [0.05, 0.1) is 46.6 Å². The Hall–Kier alpha value is -4.16. The topological polar surface area (TPSA) is 112 Å². The van der Waals surface area contributed by atoms with Crippen molar-refractivity contribution in [3.8, 4) is 23.1 Å². The van der Waals surface area contributed by atoms with Crippen molar-refractivity contribution in [2.45, 2.75) is 13.0 Å². The molecule has 158 valence electrons. The highest BCUT2D eigenvalue weighted by Crippen LogP contribution is 2.31. The third-order valence-corrected chi connectivity index (χ3v) is 5.60. The molecule has 0 bridgehead atoms. The minimum Gasteiger partial charge on any atom is -0.449 e. The van der Waals surface area contributed by atoms with E-state index >= 15 is 0 Å². The maximum absolute atomic E-state index is 13.5. The largest absolute Gasteiger partial charge is 0.449 e. The molecular weight excluding hydrogens is 432 g/mol. The molecule has 0 aliphatic rings. The smallest absolute Gasteiger partial charge is 0.336 e. The fourth-order valence-electron chi connectivity index (χ4n) is 3.81. The number of aromatic nitrogens is 5. The molecule has 0 spiro atoms. The van der Waals surface area contributed by atoms with Crippen LogP contribution >= 0.6 is 11.6 Å². The summed E-state index contributed by atoms with van der Waals surface area (Å²) in [6.45, 7) is 0.0857. The second kappa shape index (κ2) is 7.51. The van der Waals surface area contributed by atoms with Crippen LogP contribution < -0.4 is 11.2 Å². The lowest BCUT2D eigenvalue weighted by Gasteiger charge is -2.11. The average molecular weight is 447 g/mol. The Kier molecular flexibility index (Phi) is 4.64. The third-order valence-electron chi connectivity index (χ3n) is 5.27. The zero-order valence-electron chi connectivity index (χ0n) is 16.8. The Labute approximate surface area is 185 Å². The Balaban J connectivity index is 1.88. The first-order valence-electron chi connectivity index (χ1n) is 9.68. The number of rotatable bonds is 4. The van der Waals surface area contributed by atoms with Gasteiger partial charge in [0.1, 0.15) is 5.76 Å². The van der Waals surface area contributed by atoms with Crippen molar-refractivity contribution in [3.63, 3.8) is 0 Å². The van der Waals surface area contributed by atoms with E-state index in [1.54, 1.807) is 54.5 Å². The molecule has 5 rings (SSSR count). The predicted octanol–water partition coefficient (Wildman–Crippen LogP) is 3.26. The standard InChI is InChI=1S/C22H15ClN6O3/c1-27-19-13(11-26-27)10-25-12-17(19)29-21(30)20-16(28(22(29)31)8-4-7-24)9-18(32-20)14-5-2-3-6-15(14)23/h2-3,5-6,9-12H,4,8H2,1H3. The van der Waals surface area contributed by atoms with E-state index in [9.17, 15) is 9.59 Å². The number of pyridine rings is 1. The highest BCUT2D eigenvalue weighted by molar-refractivity contribution is 6.33. The van der Waals surface area contributed by atoms with E-state index in [-0.39, 0.29) is 24.2 Å². The summed E-state index contributed by atoms with van der Waals surface area (Å²) in [5.41, 5.74) is 0.491. The van der Waals surface area contributed by atoms with Gasteiger partial charge >= 0.3 is 11.2 Å². The minimum atomic E-state index is -0.632. The summed E-state index contributed by atoms with van der Waals surface area (Å²) in [6, 6.07) is 10.7. The maximum atomic E-state index is 13.5. The van der Waals surface area contributed by atoms with Gasteiger partial charge in [0.25, 0.3) is 0 Å². The first-order chi connectivity index (χ1) is 15.5. The van der Waals surface area contributed by atoms with E-state index in [0.717, 1.165) is 4.57 Å². The average Bonchev–Trinajstić information content (AvgIpc) is 3.39. The second-order valence-corrected chi connectivity index (χ2v) is 7.56. The van der Waals surface area contributed by atoms with Gasteiger partial charge in [0.2, 0.25) is 5.58 Å². The predicted molar refractivity (Wildman–Crippen MR) is 119 cm³/mol. The lowest BCUT2D eigenvalue weighted by atomic mass is 10.2. The summed E-state index contributed by atoms with van der Waals surface area (Å²) in [5, 5.41) is 14.4. The molecule has 4 heterocycles. The van der Waals surface area contributed by atoms with Crippen LogP contribution in [0.1, 0.15) is 6.42 Å². The number of hydrogen-bond acceptors (Lipinski definition) is 6. The third kappa shape index (κ3) is 2.92. The molecule has 0 radical (unpaired) electrons. The van der Waals surface area contributed by atoms with Crippen LogP contribution in [0.25, 0.3) is 39.0 Å². The zero-order chi connectivity index (χ0) is 22.4. The number of hydrogen-bond donors (Lipinski definition) is 0. The van der Waals surface area contributed by atoms with Crippen LogP contribution in [-0.4, -0.2) is 23.9 Å². The van der Waals surface area contributed by atoms with E-state index < -0.39 is 11.2 Å². The number of nitriles is 1. The molecule has 10 heteroatoms. The van der Waals surface area contributed by atoms with Crippen molar-refractivity contribution in [2.24, 2.45) is 7.05 Å². The summed E-state index contributed by atoms with van der Waals surface area (Å²) in [6.07, 6.45) is 4.72. The molecule has 5 aromatic rings. The van der Waals surface area contributed by atoms with Crippen molar-refractivity contribution in [1.29, 1.82) is 5.26 Å². The van der Waals surface area contributed by atoms with Crippen molar-refractivity contribution in [3.05, 3.63) is 74.8 Å². The summed E-state index contributed by atoms with van der Waals surface area (Å²) in [7, 11) is 1.71. The maximum Gasteiger partial charge on any atom is 0.336 e. The molecule has 0 aliphatic heterocycles. The van der Waals surface area contributed by atoms with Crippen LogP contribution in [0.2, 0.25) is 5.02 Å². The van der Waals surface area contributed by atoms with Crippen molar-refractivity contribution < 1.29 is 4.42 Å². The monoisotopic (exact) mass is 446 g/mol. The molecule has 0 amide bonds. The molecule has 32 heavy (non-hydrogen) atoms. The van der Waals surface area contributed by atoms with Crippen LogP contribution in [0.5, 0.6) is 0 Å². The van der Waals surface area contributed by atoms with E-state index in [1.807, 2.05) is 6.07 Å². The Morgan fingerprint density at radius 1 is 1.19 bits per heavy atom. The summed E-state index contributed by atoms with van der Waals surface area (Å²) in [4.78, 5) is 31.1. The quantitative estimate of drug-likeness (QED) is 0.419. The first kappa shape index (κ1) is 19.8. The summed E-state index contributed by atoms with van der Waals surface area (Å²) in [5.74, 6) is 0.349. The van der Waals surface area contributed by atoms with E-state index in [1.165, 1.54) is 10.8 Å². The molecule has 1 aromatic carbocycles. The minimum absolute atomic E-state index is 0.0170. The first-order valence-corrected chi connectivity index (χ1v) is 10.1. The number of nitrogens with zero attached hydrogens (tertiary/aromatic N) is 6. The molecule has 0 saturated carbocycles. The van der Waals surface area contributed by atoms with Gasteiger partial charge in [-0.1, -0.05) is 23.7 Å².